The van der Waals surface area contributed by atoms with Crippen LogP contribution in [0.2, 0.25) is 0 Å². The fourth-order valence-electron chi connectivity index (χ4n) is 3.89. The first kappa shape index (κ1) is 19.4. The van der Waals surface area contributed by atoms with E-state index in [1.807, 2.05) is 84.9 Å². The van der Waals surface area contributed by atoms with E-state index in [2.05, 4.69) is 13.2 Å². The SMILES string of the molecule is C=CCc1cc(P(=O)(O)c2cc(CC=C)c3ccccc3c2)cc2ccccc12. The van der Waals surface area contributed by atoms with Crippen molar-refractivity contribution in [2.45, 2.75) is 12.8 Å². The molecule has 0 atom stereocenters. The fourth-order valence-corrected chi connectivity index (χ4v) is 5.48. The van der Waals surface area contributed by atoms with Crippen molar-refractivity contribution in [3.8, 4) is 0 Å². The molecule has 0 aliphatic heterocycles. The topological polar surface area (TPSA) is 37.3 Å². The van der Waals surface area contributed by atoms with Gasteiger partial charge in [0.1, 0.15) is 0 Å². The summed E-state index contributed by atoms with van der Waals surface area (Å²) in [5, 5.41) is 5.00. The molecule has 1 N–H and O–H groups in total. The molecule has 0 bridgehead atoms. The molecule has 3 heteroatoms. The summed E-state index contributed by atoms with van der Waals surface area (Å²) in [5.74, 6) is 0. The zero-order valence-electron chi connectivity index (χ0n) is 16.2. The van der Waals surface area contributed by atoms with Crippen molar-refractivity contribution in [2.24, 2.45) is 0 Å². The van der Waals surface area contributed by atoms with Crippen LogP contribution in [0.4, 0.5) is 0 Å². The maximum Gasteiger partial charge on any atom is 0.258 e. The lowest BCUT2D eigenvalue weighted by Crippen LogP contribution is -2.17. The predicted octanol–water partition coefficient (Wildman–Crippen LogP) is 5.67. The highest BCUT2D eigenvalue weighted by molar-refractivity contribution is 7.73. The molecule has 0 fully saturated rings. The Morgan fingerprint density at radius 1 is 0.724 bits per heavy atom. The molecule has 0 saturated heterocycles. The molecule has 0 aliphatic carbocycles. The second kappa shape index (κ2) is 7.83. The first-order chi connectivity index (χ1) is 14.0. The van der Waals surface area contributed by atoms with Crippen LogP contribution in [0.3, 0.4) is 0 Å². The summed E-state index contributed by atoms with van der Waals surface area (Å²) in [6.07, 6.45) is 4.94. The Hall–Kier alpha value is -2.93. The Morgan fingerprint density at radius 2 is 1.14 bits per heavy atom. The molecule has 0 spiro atoms. The van der Waals surface area contributed by atoms with Gasteiger partial charge in [-0.15, -0.1) is 13.2 Å². The predicted molar refractivity (Wildman–Crippen MR) is 125 cm³/mol. The van der Waals surface area contributed by atoms with E-state index in [-0.39, 0.29) is 0 Å². The number of allylic oxidation sites excluding steroid dienone is 2. The Kier molecular flexibility index (Phi) is 5.24. The van der Waals surface area contributed by atoms with Crippen LogP contribution in [0.25, 0.3) is 21.5 Å². The maximum atomic E-state index is 13.7. The van der Waals surface area contributed by atoms with Crippen LogP contribution in [-0.4, -0.2) is 4.89 Å². The van der Waals surface area contributed by atoms with Crippen LogP contribution in [0, 0.1) is 0 Å². The van der Waals surface area contributed by atoms with Gasteiger partial charge < -0.3 is 4.89 Å². The van der Waals surface area contributed by atoms with E-state index in [4.69, 9.17) is 0 Å². The van der Waals surface area contributed by atoms with E-state index >= 15 is 0 Å². The van der Waals surface area contributed by atoms with Crippen molar-refractivity contribution < 1.29 is 9.46 Å². The van der Waals surface area contributed by atoms with Crippen molar-refractivity contribution in [2.75, 3.05) is 0 Å². The molecule has 0 aromatic heterocycles. The van der Waals surface area contributed by atoms with Crippen LogP contribution in [0.5, 0.6) is 0 Å². The van der Waals surface area contributed by atoms with Gasteiger partial charge in [0.05, 0.1) is 0 Å². The van der Waals surface area contributed by atoms with E-state index in [1.54, 1.807) is 0 Å². The third-order valence-electron chi connectivity index (χ3n) is 5.29. The third-order valence-corrected chi connectivity index (χ3v) is 7.21. The fraction of sp³-hybridized carbons (Fsp3) is 0.0769. The van der Waals surface area contributed by atoms with Crippen LogP contribution in [0.15, 0.2) is 98.1 Å². The van der Waals surface area contributed by atoms with Crippen molar-refractivity contribution in [3.05, 3.63) is 109 Å². The summed E-state index contributed by atoms with van der Waals surface area (Å²) in [6, 6.07) is 23.3. The van der Waals surface area contributed by atoms with Crippen LogP contribution in [-0.2, 0) is 17.4 Å². The van der Waals surface area contributed by atoms with Crippen LogP contribution in [0.1, 0.15) is 11.1 Å². The zero-order valence-corrected chi connectivity index (χ0v) is 17.1. The summed E-state index contributed by atoms with van der Waals surface area (Å²) in [5.41, 5.74) is 2.02. The second-order valence-electron chi connectivity index (χ2n) is 7.21. The zero-order chi connectivity index (χ0) is 20.4. The summed E-state index contributed by atoms with van der Waals surface area (Å²) >= 11 is 0. The molecule has 0 radical (unpaired) electrons. The minimum atomic E-state index is -3.78. The molecule has 0 heterocycles. The second-order valence-corrected chi connectivity index (χ2v) is 9.40. The Balaban J connectivity index is 1.94. The lowest BCUT2D eigenvalue weighted by Gasteiger charge is -2.17. The van der Waals surface area contributed by atoms with Gasteiger partial charge in [0.25, 0.3) is 7.37 Å². The molecule has 0 amide bonds. The molecule has 4 aromatic rings. The van der Waals surface area contributed by atoms with Crippen molar-refractivity contribution in [1.82, 2.24) is 0 Å². The highest BCUT2D eigenvalue weighted by Crippen LogP contribution is 2.41. The average Bonchev–Trinajstić information content (AvgIpc) is 2.74. The minimum Gasteiger partial charge on any atom is -0.338 e. The Morgan fingerprint density at radius 3 is 1.55 bits per heavy atom. The van der Waals surface area contributed by atoms with E-state index in [0.717, 1.165) is 32.7 Å². The van der Waals surface area contributed by atoms with Gasteiger partial charge in [0.2, 0.25) is 0 Å². The number of fused-ring (bicyclic) bond motifs is 2. The van der Waals surface area contributed by atoms with E-state index in [0.29, 0.717) is 23.5 Å². The average molecular weight is 398 g/mol. The highest BCUT2D eigenvalue weighted by atomic mass is 31.2. The number of benzene rings is 4. The largest absolute Gasteiger partial charge is 0.338 e. The first-order valence-corrected chi connectivity index (χ1v) is 11.3. The standard InChI is InChI=1S/C26H23O2P/c1-3-9-19-15-23(17-21-11-5-7-13-25(19)21)29(27,28)24-16-20(10-4-2)26-14-8-6-12-22(26)18-24/h3-8,11-18H,1-2,9-10H2,(H,27,28). The van der Waals surface area contributed by atoms with Crippen LogP contribution < -0.4 is 10.6 Å². The smallest absolute Gasteiger partial charge is 0.258 e. The summed E-state index contributed by atoms with van der Waals surface area (Å²) < 4.78 is 13.7. The van der Waals surface area contributed by atoms with Gasteiger partial charge in [-0.1, -0.05) is 60.7 Å². The van der Waals surface area contributed by atoms with Crippen LogP contribution >= 0.6 is 7.37 Å². The highest BCUT2D eigenvalue weighted by Gasteiger charge is 2.26. The molecule has 4 rings (SSSR count). The Labute approximate surface area is 171 Å². The lowest BCUT2D eigenvalue weighted by atomic mass is 10.0. The van der Waals surface area contributed by atoms with Crippen molar-refractivity contribution in [1.29, 1.82) is 0 Å². The first-order valence-electron chi connectivity index (χ1n) is 9.63. The molecule has 4 aromatic carbocycles. The van der Waals surface area contributed by atoms with Gasteiger partial charge in [0, 0.05) is 10.6 Å². The molecule has 0 unspecified atom stereocenters. The quantitative estimate of drug-likeness (QED) is 0.336. The van der Waals surface area contributed by atoms with Gasteiger partial charge in [-0.25, -0.2) is 0 Å². The van der Waals surface area contributed by atoms with Gasteiger partial charge in [0.15, 0.2) is 0 Å². The number of hydrogen-bond donors (Lipinski definition) is 1. The van der Waals surface area contributed by atoms with E-state index in [1.165, 1.54) is 0 Å². The van der Waals surface area contributed by atoms with Gasteiger partial charge in [-0.2, -0.15) is 0 Å². The molecular weight excluding hydrogens is 375 g/mol. The number of hydrogen-bond acceptors (Lipinski definition) is 1. The summed E-state index contributed by atoms with van der Waals surface area (Å²) in [4.78, 5) is 11.3. The van der Waals surface area contributed by atoms with Gasteiger partial charge >= 0.3 is 0 Å². The molecule has 0 saturated carbocycles. The van der Waals surface area contributed by atoms with Crippen molar-refractivity contribution >= 4 is 39.5 Å². The molecule has 2 nitrogen and oxygen atoms in total. The lowest BCUT2D eigenvalue weighted by molar-refractivity contribution is 0.501. The minimum absolute atomic E-state index is 0.452. The Bertz CT molecular complexity index is 1190. The summed E-state index contributed by atoms with van der Waals surface area (Å²) in [7, 11) is -3.78. The normalized spacial score (nSPS) is 11.6. The molecular formula is C26H23O2P. The molecule has 29 heavy (non-hydrogen) atoms. The summed E-state index contributed by atoms with van der Waals surface area (Å²) in [6.45, 7) is 7.68. The molecule has 144 valence electrons. The maximum absolute atomic E-state index is 13.7. The van der Waals surface area contributed by atoms with E-state index < -0.39 is 7.37 Å². The van der Waals surface area contributed by atoms with E-state index in [9.17, 15) is 9.46 Å². The molecule has 0 aliphatic rings. The van der Waals surface area contributed by atoms with Gasteiger partial charge in [-0.05, 0) is 69.8 Å². The van der Waals surface area contributed by atoms with Crippen molar-refractivity contribution in [3.63, 3.8) is 0 Å². The number of rotatable bonds is 6. The monoisotopic (exact) mass is 398 g/mol. The third kappa shape index (κ3) is 3.58. The van der Waals surface area contributed by atoms with Gasteiger partial charge in [-0.3, -0.25) is 4.57 Å².